The van der Waals surface area contributed by atoms with E-state index >= 15 is 4.39 Å². The second kappa shape index (κ2) is 12.0. The summed E-state index contributed by atoms with van der Waals surface area (Å²) in [6.07, 6.45) is 8.22. The van der Waals surface area contributed by atoms with Crippen molar-refractivity contribution in [3.63, 3.8) is 0 Å². The normalized spacial score (nSPS) is 13.3. The van der Waals surface area contributed by atoms with E-state index in [-0.39, 0.29) is 23.9 Å². The quantitative estimate of drug-likeness (QED) is 0.312. The lowest BCUT2D eigenvalue weighted by molar-refractivity contribution is 0.230. The topological polar surface area (TPSA) is 72.5 Å². The fourth-order valence-electron chi connectivity index (χ4n) is 4.49. The first-order valence-electron chi connectivity index (χ1n) is 12.6. The lowest BCUT2D eigenvalue weighted by Gasteiger charge is -2.21. The summed E-state index contributed by atoms with van der Waals surface area (Å²) in [5, 5.41) is 0.617. The van der Waals surface area contributed by atoms with Crippen molar-refractivity contribution in [3.05, 3.63) is 59.1 Å². The van der Waals surface area contributed by atoms with Crippen molar-refractivity contribution in [2.24, 2.45) is 0 Å². The van der Waals surface area contributed by atoms with Gasteiger partial charge in [0.1, 0.15) is 12.2 Å². The molecule has 4 rings (SSSR count). The number of hydrogen-bond donors (Lipinski definition) is 1. The summed E-state index contributed by atoms with van der Waals surface area (Å²) in [4.78, 5) is 14.4. The number of ether oxygens (including phenoxy) is 3. The molecule has 7 nitrogen and oxygen atoms in total. The second-order valence-corrected chi connectivity index (χ2v) is 9.02. The number of aromatic amines is 1. The van der Waals surface area contributed by atoms with Crippen LogP contribution in [0, 0.1) is 6.92 Å². The van der Waals surface area contributed by atoms with Crippen molar-refractivity contribution in [1.82, 2.24) is 19.9 Å². The van der Waals surface area contributed by atoms with Crippen LogP contribution >= 0.6 is 0 Å². The molecule has 2 heterocycles. The number of nitrogens with one attached hydrogen (secondary N) is 1. The predicted molar refractivity (Wildman–Crippen MR) is 140 cm³/mol. The highest BCUT2D eigenvalue weighted by Gasteiger charge is 2.18. The second-order valence-electron chi connectivity index (χ2n) is 9.02. The SMILES string of the molecule is CCCN(CCC)CCCOc1cc2ncnc(OC3=C(F)Cc4cc(C)[nH]c4C=C3)c2cc1OC. The minimum atomic E-state index is -0.358. The third-order valence-electron chi connectivity index (χ3n) is 6.13. The van der Waals surface area contributed by atoms with Gasteiger partial charge in [-0.3, -0.25) is 0 Å². The molecule has 36 heavy (non-hydrogen) atoms. The van der Waals surface area contributed by atoms with E-state index in [1.54, 1.807) is 19.3 Å². The van der Waals surface area contributed by atoms with Crippen LogP contribution in [0.3, 0.4) is 0 Å². The van der Waals surface area contributed by atoms with Crippen LogP contribution < -0.4 is 14.2 Å². The Labute approximate surface area is 212 Å². The Bertz CT molecular complexity index is 1250. The first-order valence-corrected chi connectivity index (χ1v) is 12.6. The van der Waals surface area contributed by atoms with Crippen molar-refractivity contribution in [2.75, 3.05) is 33.4 Å². The van der Waals surface area contributed by atoms with E-state index in [0.29, 0.717) is 29.0 Å². The predicted octanol–water partition coefficient (Wildman–Crippen LogP) is 6.00. The minimum absolute atomic E-state index is 0.125. The zero-order valence-electron chi connectivity index (χ0n) is 21.6. The van der Waals surface area contributed by atoms with Crippen LogP contribution in [0.5, 0.6) is 17.4 Å². The Kier molecular flexibility index (Phi) is 8.59. The zero-order chi connectivity index (χ0) is 25.5. The van der Waals surface area contributed by atoms with Crippen LogP contribution in [0.15, 0.2) is 42.2 Å². The number of hydrogen-bond acceptors (Lipinski definition) is 6. The van der Waals surface area contributed by atoms with Crippen LogP contribution in [0.4, 0.5) is 4.39 Å². The highest BCUT2D eigenvalue weighted by atomic mass is 19.1. The van der Waals surface area contributed by atoms with Gasteiger partial charge in [-0.25, -0.2) is 14.4 Å². The molecule has 0 spiro atoms. The monoisotopic (exact) mass is 494 g/mol. The van der Waals surface area contributed by atoms with Gasteiger partial charge in [0.2, 0.25) is 5.88 Å². The van der Waals surface area contributed by atoms with Crippen LogP contribution in [0.1, 0.15) is 50.1 Å². The maximum absolute atomic E-state index is 15.0. The van der Waals surface area contributed by atoms with E-state index < -0.39 is 0 Å². The van der Waals surface area contributed by atoms with Gasteiger partial charge in [0.15, 0.2) is 17.3 Å². The first kappa shape index (κ1) is 25.7. The summed E-state index contributed by atoms with van der Waals surface area (Å²) in [5.41, 5.74) is 3.40. The number of aryl methyl sites for hydroxylation is 1. The van der Waals surface area contributed by atoms with Crippen LogP contribution in [-0.4, -0.2) is 53.2 Å². The van der Waals surface area contributed by atoms with Crippen molar-refractivity contribution in [2.45, 2.75) is 46.5 Å². The number of rotatable bonds is 12. The van der Waals surface area contributed by atoms with Gasteiger partial charge in [-0.15, -0.1) is 0 Å². The maximum Gasteiger partial charge on any atom is 0.230 e. The summed E-state index contributed by atoms with van der Waals surface area (Å²) in [6.45, 7) is 10.1. The number of fused-ring (bicyclic) bond motifs is 2. The number of nitrogens with zero attached hydrogens (tertiary/aromatic N) is 3. The molecule has 0 bridgehead atoms. The molecule has 0 fully saturated rings. The molecular formula is C28H35FN4O3. The highest BCUT2D eigenvalue weighted by Crippen LogP contribution is 2.36. The summed E-state index contributed by atoms with van der Waals surface area (Å²) in [5.74, 6) is 1.19. The number of aromatic nitrogens is 3. The van der Waals surface area contributed by atoms with E-state index in [2.05, 4.69) is 33.7 Å². The third-order valence-corrected chi connectivity index (χ3v) is 6.13. The highest BCUT2D eigenvalue weighted by molar-refractivity contribution is 5.87. The van der Waals surface area contributed by atoms with E-state index in [0.717, 1.165) is 55.8 Å². The fourth-order valence-corrected chi connectivity index (χ4v) is 4.49. The lowest BCUT2D eigenvalue weighted by atomic mass is 10.1. The number of allylic oxidation sites excluding steroid dienone is 2. The third kappa shape index (κ3) is 6.05. The molecule has 1 aliphatic carbocycles. The molecule has 0 saturated carbocycles. The minimum Gasteiger partial charge on any atom is -0.493 e. The first-order chi connectivity index (χ1) is 17.5. The lowest BCUT2D eigenvalue weighted by Crippen LogP contribution is -2.27. The van der Waals surface area contributed by atoms with Crippen LogP contribution in [0.2, 0.25) is 0 Å². The fraction of sp³-hybridized carbons (Fsp3) is 0.429. The summed E-state index contributed by atoms with van der Waals surface area (Å²) < 4.78 is 32.6. The summed E-state index contributed by atoms with van der Waals surface area (Å²) in [6, 6.07) is 5.55. The molecule has 1 aromatic carbocycles. The molecule has 3 aromatic rings. The number of methoxy groups -OCH3 is 1. The largest absolute Gasteiger partial charge is 0.493 e. The van der Waals surface area contributed by atoms with E-state index in [4.69, 9.17) is 14.2 Å². The van der Waals surface area contributed by atoms with Crippen molar-refractivity contribution >= 4 is 17.0 Å². The Morgan fingerprint density at radius 1 is 1.03 bits per heavy atom. The molecule has 0 amide bonds. The Hall–Kier alpha value is -3.39. The molecule has 0 saturated heterocycles. The van der Waals surface area contributed by atoms with Gasteiger partial charge in [0.25, 0.3) is 0 Å². The molecule has 2 aromatic heterocycles. The van der Waals surface area contributed by atoms with Gasteiger partial charge in [0.05, 0.1) is 24.6 Å². The average molecular weight is 495 g/mol. The molecule has 0 atom stereocenters. The zero-order valence-corrected chi connectivity index (χ0v) is 21.6. The maximum atomic E-state index is 15.0. The molecule has 8 heteroatoms. The van der Waals surface area contributed by atoms with Gasteiger partial charge in [0, 0.05) is 30.4 Å². The van der Waals surface area contributed by atoms with Gasteiger partial charge in [-0.05, 0) is 69.1 Å². The Balaban J connectivity index is 1.50. The molecule has 0 unspecified atom stereocenters. The molecule has 0 aliphatic heterocycles. The number of H-pyrrole nitrogens is 1. The number of halogens is 1. The van der Waals surface area contributed by atoms with Crippen LogP contribution in [-0.2, 0) is 6.42 Å². The van der Waals surface area contributed by atoms with Crippen molar-refractivity contribution in [1.29, 1.82) is 0 Å². The summed E-state index contributed by atoms with van der Waals surface area (Å²) in [7, 11) is 1.59. The van der Waals surface area contributed by atoms with Crippen LogP contribution in [0.25, 0.3) is 17.0 Å². The average Bonchev–Trinajstić information content (AvgIpc) is 3.15. The molecule has 192 valence electrons. The van der Waals surface area contributed by atoms with Gasteiger partial charge >= 0.3 is 0 Å². The van der Waals surface area contributed by atoms with Crippen molar-refractivity contribution in [3.8, 4) is 17.4 Å². The Morgan fingerprint density at radius 3 is 2.58 bits per heavy atom. The van der Waals surface area contributed by atoms with Gasteiger partial charge in [-0.1, -0.05) is 13.8 Å². The van der Waals surface area contributed by atoms with Gasteiger partial charge in [-0.2, -0.15) is 0 Å². The van der Waals surface area contributed by atoms with E-state index in [1.807, 2.05) is 25.1 Å². The van der Waals surface area contributed by atoms with Crippen molar-refractivity contribution < 1.29 is 18.6 Å². The summed E-state index contributed by atoms with van der Waals surface area (Å²) >= 11 is 0. The Morgan fingerprint density at radius 2 is 1.83 bits per heavy atom. The smallest absolute Gasteiger partial charge is 0.230 e. The standard InChI is InChI=1S/C28H35FN4O3/c1-5-10-33(11-6-2)12-7-13-35-27-17-24-21(16-26(27)34-4)28(31-18-30-24)36-25-9-8-23-20(15-22(25)29)14-19(3)32-23/h8-9,14,16-18,32H,5-7,10-13,15H2,1-4H3. The van der Waals surface area contributed by atoms with E-state index in [1.165, 1.54) is 6.33 Å². The molecule has 0 radical (unpaired) electrons. The molecule has 1 aliphatic rings. The van der Waals surface area contributed by atoms with E-state index in [9.17, 15) is 0 Å². The van der Waals surface area contributed by atoms with Gasteiger partial charge < -0.3 is 24.1 Å². The molecule has 1 N–H and O–H groups in total. The molecular weight excluding hydrogens is 459 g/mol. The number of benzene rings is 1.